The minimum Gasteiger partial charge on any atom is -0.502 e. The van der Waals surface area contributed by atoms with Crippen molar-refractivity contribution < 1.29 is 9.53 Å². The molecule has 0 saturated heterocycles. The van der Waals surface area contributed by atoms with Crippen molar-refractivity contribution in [3.8, 4) is 0 Å². The number of rotatable bonds is 9. The second kappa shape index (κ2) is 7.98. The molecule has 0 rings (SSSR count). The van der Waals surface area contributed by atoms with Crippen molar-refractivity contribution in [3.63, 3.8) is 0 Å². The second-order valence-corrected chi connectivity index (χ2v) is 5.20. The van der Waals surface area contributed by atoms with Crippen LogP contribution < -0.4 is 11.1 Å². The number of amides is 2. The van der Waals surface area contributed by atoms with Gasteiger partial charge in [-0.1, -0.05) is 26.3 Å². The van der Waals surface area contributed by atoms with Crippen molar-refractivity contribution in [2.75, 3.05) is 6.61 Å². The average Bonchev–Trinajstić information content (AvgIpc) is 2.15. The average molecular weight is 242 g/mol. The van der Waals surface area contributed by atoms with Crippen LogP contribution in [-0.2, 0) is 4.74 Å². The summed E-state index contributed by atoms with van der Waals surface area (Å²) in [6, 6.07) is -0.456. The third-order valence-electron chi connectivity index (χ3n) is 2.81. The number of hydrogen-bond donors (Lipinski definition) is 2. The largest absolute Gasteiger partial charge is 0.502 e. The highest BCUT2D eigenvalue weighted by molar-refractivity contribution is 5.72. The van der Waals surface area contributed by atoms with Crippen molar-refractivity contribution in [1.82, 2.24) is 5.32 Å². The summed E-state index contributed by atoms with van der Waals surface area (Å²) in [5, 5.41) is 2.75. The molecule has 2 amide bonds. The Labute approximate surface area is 105 Å². The predicted octanol–water partition coefficient (Wildman–Crippen LogP) is 2.79. The summed E-state index contributed by atoms with van der Waals surface area (Å²) in [5.74, 6) is 0.624. The molecular formula is C13H26N2O2. The highest BCUT2D eigenvalue weighted by Crippen LogP contribution is 2.17. The lowest BCUT2D eigenvalue weighted by molar-refractivity contribution is 0.219. The topological polar surface area (TPSA) is 64.3 Å². The van der Waals surface area contributed by atoms with E-state index in [9.17, 15) is 4.79 Å². The van der Waals surface area contributed by atoms with E-state index in [1.165, 1.54) is 6.26 Å². The first kappa shape index (κ1) is 15.8. The highest BCUT2D eigenvalue weighted by Gasteiger charge is 2.18. The smallest absolute Gasteiger partial charge is 0.312 e. The van der Waals surface area contributed by atoms with Gasteiger partial charge in [-0.25, -0.2) is 4.79 Å². The summed E-state index contributed by atoms with van der Waals surface area (Å²) < 4.78 is 5.09. The number of primary amides is 1. The molecule has 0 aromatic carbocycles. The Kier molecular flexibility index (Phi) is 7.42. The maximum atomic E-state index is 10.8. The summed E-state index contributed by atoms with van der Waals surface area (Å²) in [6.45, 7) is 10.4. The summed E-state index contributed by atoms with van der Waals surface area (Å²) in [7, 11) is 0. The number of nitrogens with one attached hydrogen (secondary N) is 1. The molecule has 0 aliphatic rings. The lowest BCUT2D eigenvalue weighted by atomic mass is 9.93. The van der Waals surface area contributed by atoms with Crippen LogP contribution in [0.2, 0.25) is 0 Å². The fourth-order valence-corrected chi connectivity index (χ4v) is 1.79. The summed E-state index contributed by atoms with van der Waals surface area (Å²) in [5.41, 5.74) is 4.90. The van der Waals surface area contributed by atoms with E-state index in [0.717, 1.165) is 32.3 Å². The summed E-state index contributed by atoms with van der Waals surface area (Å²) in [6.07, 6.45) is 5.65. The van der Waals surface area contributed by atoms with E-state index in [4.69, 9.17) is 10.5 Å². The number of nitrogens with two attached hydrogens (primary N) is 1. The Balaban J connectivity index is 3.67. The third kappa shape index (κ3) is 9.72. The van der Waals surface area contributed by atoms with Crippen LogP contribution in [0.4, 0.5) is 4.79 Å². The molecular weight excluding hydrogens is 216 g/mol. The number of carbonyl (C=O) groups is 1. The van der Waals surface area contributed by atoms with Gasteiger partial charge in [-0.2, -0.15) is 0 Å². The number of ether oxygens (including phenoxy) is 1. The zero-order valence-electron chi connectivity index (χ0n) is 11.3. The van der Waals surface area contributed by atoms with Crippen molar-refractivity contribution in [2.24, 2.45) is 11.7 Å². The maximum absolute atomic E-state index is 10.8. The van der Waals surface area contributed by atoms with Gasteiger partial charge < -0.3 is 15.8 Å². The van der Waals surface area contributed by atoms with Gasteiger partial charge in [-0.05, 0) is 32.6 Å². The quantitative estimate of drug-likeness (QED) is 0.482. The number of urea groups is 1. The van der Waals surface area contributed by atoms with Gasteiger partial charge in [0.05, 0.1) is 12.9 Å². The first-order valence-electron chi connectivity index (χ1n) is 6.17. The molecule has 0 radical (unpaired) electrons. The van der Waals surface area contributed by atoms with Gasteiger partial charge in [0.15, 0.2) is 0 Å². The Bertz CT molecular complexity index is 240. The van der Waals surface area contributed by atoms with Gasteiger partial charge in [-0.3, -0.25) is 0 Å². The molecule has 3 N–H and O–H groups in total. The van der Waals surface area contributed by atoms with Crippen molar-refractivity contribution in [1.29, 1.82) is 0 Å². The van der Waals surface area contributed by atoms with Gasteiger partial charge in [0.25, 0.3) is 0 Å². The van der Waals surface area contributed by atoms with E-state index in [0.29, 0.717) is 5.92 Å². The first-order valence-corrected chi connectivity index (χ1v) is 6.17. The summed E-state index contributed by atoms with van der Waals surface area (Å²) in [4.78, 5) is 10.8. The summed E-state index contributed by atoms with van der Waals surface area (Å²) >= 11 is 0. The fourth-order valence-electron chi connectivity index (χ4n) is 1.79. The van der Waals surface area contributed by atoms with Crippen LogP contribution in [0.25, 0.3) is 0 Å². The molecule has 0 aromatic rings. The van der Waals surface area contributed by atoms with E-state index >= 15 is 0 Å². The van der Waals surface area contributed by atoms with Crippen LogP contribution in [0.1, 0.15) is 46.5 Å². The second-order valence-electron chi connectivity index (χ2n) is 5.20. The molecule has 4 nitrogen and oxygen atoms in total. The lowest BCUT2D eigenvalue weighted by Gasteiger charge is -2.25. The lowest BCUT2D eigenvalue weighted by Crippen LogP contribution is -2.46. The third-order valence-corrected chi connectivity index (χ3v) is 2.81. The molecule has 100 valence electrons. The molecule has 0 aliphatic carbocycles. The van der Waals surface area contributed by atoms with E-state index in [1.54, 1.807) is 0 Å². The van der Waals surface area contributed by atoms with Crippen LogP contribution in [0.15, 0.2) is 12.8 Å². The molecule has 0 aliphatic heterocycles. The van der Waals surface area contributed by atoms with Gasteiger partial charge >= 0.3 is 6.03 Å². The predicted molar refractivity (Wildman–Crippen MR) is 70.6 cm³/mol. The van der Waals surface area contributed by atoms with Crippen molar-refractivity contribution in [2.45, 2.75) is 52.0 Å². The molecule has 0 bridgehead atoms. The fraction of sp³-hybridized carbons (Fsp3) is 0.769. The highest BCUT2D eigenvalue weighted by atomic mass is 16.5. The van der Waals surface area contributed by atoms with E-state index in [1.807, 2.05) is 13.8 Å². The van der Waals surface area contributed by atoms with Crippen molar-refractivity contribution in [3.05, 3.63) is 12.8 Å². The number of hydrogen-bond acceptors (Lipinski definition) is 2. The van der Waals surface area contributed by atoms with Gasteiger partial charge in [-0.15, -0.1) is 0 Å². The molecule has 0 fully saturated rings. The molecule has 1 unspecified atom stereocenters. The Morgan fingerprint density at radius 3 is 2.71 bits per heavy atom. The van der Waals surface area contributed by atoms with Crippen LogP contribution >= 0.6 is 0 Å². The van der Waals surface area contributed by atoms with Crippen LogP contribution in [0, 0.1) is 5.92 Å². The van der Waals surface area contributed by atoms with E-state index in [-0.39, 0.29) is 5.54 Å². The molecule has 4 heteroatoms. The van der Waals surface area contributed by atoms with Gasteiger partial charge in [0.1, 0.15) is 0 Å². The SMILES string of the molecule is C=COCCC(C)CCCC(C)(C)NC(N)=O. The molecule has 1 atom stereocenters. The van der Waals surface area contributed by atoms with Crippen LogP contribution in [0.3, 0.4) is 0 Å². The first-order chi connectivity index (χ1) is 7.87. The molecule has 0 saturated carbocycles. The van der Waals surface area contributed by atoms with Gasteiger partial charge in [0.2, 0.25) is 0 Å². The zero-order valence-corrected chi connectivity index (χ0v) is 11.3. The normalized spacial score (nSPS) is 12.9. The molecule has 0 heterocycles. The Morgan fingerprint density at radius 2 is 2.18 bits per heavy atom. The molecule has 0 aromatic heterocycles. The Morgan fingerprint density at radius 1 is 1.53 bits per heavy atom. The number of carbonyl (C=O) groups excluding carboxylic acids is 1. The molecule has 0 spiro atoms. The van der Waals surface area contributed by atoms with Crippen LogP contribution in [-0.4, -0.2) is 18.2 Å². The van der Waals surface area contributed by atoms with Crippen LogP contribution in [0.5, 0.6) is 0 Å². The standard InChI is InChI=1S/C13H26N2O2/c1-5-17-10-8-11(2)7-6-9-13(3,4)15-12(14)16/h5,11H,1,6-10H2,2-4H3,(H3,14,15,16). The Hall–Kier alpha value is -1.19. The minimum atomic E-state index is -0.456. The monoisotopic (exact) mass is 242 g/mol. The zero-order chi connectivity index (χ0) is 13.3. The van der Waals surface area contributed by atoms with E-state index < -0.39 is 6.03 Å². The van der Waals surface area contributed by atoms with E-state index in [2.05, 4.69) is 18.8 Å². The minimum absolute atomic E-state index is 0.219. The molecule has 17 heavy (non-hydrogen) atoms. The van der Waals surface area contributed by atoms with Gasteiger partial charge in [0, 0.05) is 5.54 Å². The van der Waals surface area contributed by atoms with Crippen molar-refractivity contribution >= 4 is 6.03 Å². The maximum Gasteiger partial charge on any atom is 0.312 e.